The standard InChI is InChI=1S/C10H16FN2O13P3S/c1-10(11)7(14)5(24-8(10)13-3-2-6(30)12-9(13)15)4-23-28(19,20)26-29(21,22)25-27(16,17)18/h2-3,5,7-8,14H,4H2,1H3,(H,19,20)(H,21,22)(H,12,15,30)(H2,16,17,18)/t5-,7+,8-,10?/m1/s1/i2D,4D2. The van der Waals surface area contributed by atoms with E-state index in [0.717, 1.165) is 6.20 Å². The van der Waals surface area contributed by atoms with Crippen LogP contribution in [-0.2, 0) is 31.6 Å². The van der Waals surface area contributed by atoms with Gasteiger partial charge in [0.15, 0.2) is 11.9 Å². The number of nitrogens with one attached hydrogen (secondary N) is 1. The summed E-state index contributed by atoms with van der Waals surface area (Å²) in [5.74, 6) is 0. The largest absolute Gasteiger partial charge is 0.490 e. The highest BCUT2D eigenvalue weighted by molar-refractivity contribution is 7.71. The Morgan fingerprint density at radius 3 is 2.53 bits per heavy atom. The number of hydrogen-bond acceptors (Lipinski definition) is 10. The van der Waals surface area contributed by atoms with Crippen LogP contribution in [0.3, 0.4) is 0 Å². The van der Waals surface area contributed by atoms with Gasteiger partial charge < -0.3 is 29.4 Å². The molecule has 0 aromatic carbocycles. The van der Waals surface area contributed by atoms with Crippen LogP contribution in [0, 0.1) is 4.64 Å². The van der Waals surface area contributed by atoms with E-state index >= 15 is 4.39 Å². The number of ether oxygens (including phenoxy) is 1. The summed E-state index contributed by atoms with van der Waals surface area (Å²) in [6, 6.07) is -0.474. The van der Waals surface area contributed by atoms with Crippen LogP contribution < -0.4 is 5.69 Å². The van der Waals surface area contributed by atoms with E-state index < -0.39 is 65.9 Å². The van der Waals surface area contributed by atoms with Crippen molar-refractivity contribution in [2.75, 3.05) is 6.56 Å². The molecule has 15 nitrogen and oxygen atoms in total. The number of H-pyrrole nitrogens is 1. The highest BCUT2D eigenvalue weighted by atomic mass is 32.1. The van der Waals surface area contributed by atoms with Gasteiger partial charge in [-0.2, -0.15) is 8.62 Å². The number of aromatic nitrogens is 2. The van der Waals surface area contributed by atoms with Crippen molar-refractivity contribution in [2.24, 2.45) is 0 Å². The molecular weight excluding hydrogens is 500 g/mol. The minimum absolute atomic E-state index is 0.324. The molecule has 20 heteroatoms. The van der Waals surface area contributed by atoms with Crippen LogP contribution in [0.5, 0.6) is 0 Å². The molecule has 3 unspecified atom stereocenters. The van der Waals surface area contributed by atoms with Crippen molar-refractivity contribution in [3.05, 3.63) is 27.4 Å². The van der Waals surface area contributed by atoms with Crippen molar-refractivity contribution >= 4 is 35.7 Å². The van der Waals surface area contributed by atoms with Gasteiger partial charge in [-0.05, 0) is 13.0 Å². The lowest BCUT2D eigenvalue weighted by atomic mass is 9.98. The molecule has 2 rings (SSSR count). The molecule has 6 N–H and O–H groups in total. The Kier molecular flexibility index (Phi) is 6.16. The average Bonchev–Trinajstić information content (AvgIpc) is 2.77. The molecule has 1 aliphatic heterocycles. The molecule has 1 aliphatic rings. The number of phosphoric ester groups is 1. The van der Waals surface area contributed by atoms with Gasteiger partial charge in [-0.1, -0.05) is 12.2 Å². The monoisotopic (exact) mass is 519 g/mol. The predicted molar refractivity (Wildman–Crippen MR) is 95.1 cm³/mol. The van der Waals surface area contributed by atoms with Gasteiger partial charge in [0.2, 0.25) is 0 Å². The molecule has 1 fully saturated rings. The third kappa shape index (κ3) is 6.43. The molecule has 0 spiro atoms. The third-order valence-electron chi connectivity index (χ3n) is 3.37. The van der Waals surface area contributed by atoms with Crippen molar-refractivity contribution in [3.63, 3.8) is 0 Å². The first kappa shape index (κ1) is 21.2. The molecule has 0 radical (unpaired) electrons. The van der Waals surface area contributed by atoms with Gasteiger partial charge in [-0.15, -0.1) is 0 Å². The highest BCUT2D eigenvalue weighted by Crippen LogP contribution is 2.66. The van der Waals surface area contributed by atoms with E-state index in [0.29, 0.717) is 11.5 Å². The Bertz CT molecular complexity index is 1190. The highest BCUT2D eigenvalue weighted by Gasteiger charge is 2.56. The predicted octanol–water partition coefficient (Wildman–Crippen LogP) is 0.236. The van der Waals surface area contributed by atoms with Gasteiger partial charge in [-0.25, -0.2) is 22.9 Å². The van der Waals surface area contributed by atoms with Crippen LogP contribution in [0.2, 0.25) is 0 Å². The minimum atomic E-state index is -6.05. The minimum Gasteiger partial charge on any atom is -0.387 e. The third-order valence-corrected chi connectivity index (χ3v) is 7.25. The summed E-state index contributed by atoms with van der Waals surface area (Å²) in [6.07, 6.45) is -6.40. The fraction of sp³-hybridized carbons (Fsp3) is 0.600. The molecule has 2 heterocycles. The lowest BCUT2D eigenvalue weighted by Crippen LogP contribution is -2.42. The van der Waals surface area contributed by atoms with Crippen molar-refractivity contribution in [2.45, 2.75) is 31.0 Å². The number of aliphatic hydroxyl groups is 1. The topological polar surface area (TPSA) is 227 Å². The second-order valence-electron chi connectivity index (χ2n) is 5.75. The molecule has 1 aromatic heterocycles. The van der Waals surface area contributed by atoms with E-state index in [9.17, 15) is 28.5 Å². The number of aromatic amines is 1. The van der Waals surface area contributed by atoms with Gasteiger partial charge >= 0.3 is 29.2 Å². The summed E-state index contributed by atoms with van der Waals surface area (Å²) >= 11 is 4.68. The zero-order chi connectivity index (χ0) is 25.8. The first-order valence-electron chi connectivity index (χ1n) is 8.77. The molecule has 0 aliphatic carbocycles. The van der Waals surface area contributed by atoms with E-state index in [2.05, 4.69) is 25.4 Å². The summed E-state index contributed by atoms with van der Waals surface area (Å²) in [4.78, 5) is 49.7. The lowest BCUT2D eigenvalue weighted by Gasteiger charge is -2.24. The van der Waals surface area contributed by atoms with E-state index in [1.165, 1.54) is 0 Å². The van der Waals surface area contributed by atoms with Gasteiger partial charge in [0.25, 0.3) is 0 Å². The number of nitrogens with zero attached hydrogens (tertiary/aromatic N) is 1. The molecule has 0 saturated carbocycles. The molecule has 1 saturated heterocycles. The maximum Gasteiger partial charge on any atom is 0.490 e. The molecular formula is C10H16FN2O13P3S. The first-order valence-corrected chi connectivity index (χ1v) is 12.2. The second-order valence-corrected chi connectivity index (χ2v) is 10.5. The molecule has 1 aromatic rings. The van der Waals surface area contributed by atoms with Crippen molar-refractivity contribution in [1.82, 2.24) is 9.55 Å². The number of halogens is 1. The summed E-state index contributed by atoms with van der Waals surface area (Å²) < 4.78 is 88.2. The lowest BCUT2D eigenvalue weighted by molar-refractivity contribution is -0.0604. The number of aliphatic hydroxyl groups excluding tert-OH is 1. The first-order chi connectivity index (χ1) is 14.6. The number of hydrogen-bond donors (Lipinski definition) is 6. The van der Waals surface area contributed by atoms with Gasteiger partial charge in [0, 0.05) is 6.20 Å². The molecule has 172 valence electrons. The Morgan fingerprint density at radius 1 is 1.37 bits per heavy atom. The summed E-state index contributed by atoms with van der Waals surface area (Å²) in [6.45, 7) is -3.02. The normalized spacial score (nSPS) is 33.2. The van der Waals surface area contributed by atoms with Crippen molar-refractivity contribution in [1.29, 1.82) is 0 Å². The number of phosphoric acid groups is 3. The summed E-state index contributed by atoms with van der Waals surface area (Å²) in [5, 5.41) is 10.2. The maximum atomic E-state index is 15.2. The van der Waals surface area contributed by atoms with E-state index in [4.69, 9.17) is 23.5 Å². The number of alkyl halides is 1. The summed E-state index contributed by atoms with van der Waals surface area (Å²) in [7, 11) is -17.8. The zero-order valence-electron chi connectivity index (χ0n) is 17.4. The van der Waals surface area contributed by atoms with Crippen molar-refractivity contribution in [3.8, 4) is 0 Å². The molecule has 6 atom stereocenters. The van der Waals surface area contributed by atoms with E-state index in [-0.39, 0.29) is 4.64 Å². The quantitative estimate of drug-likeness (QED) is 0.200. The van der Waals surface area contributed by atoms with Crippen LogP contribution in [0.15, 0.2) is 17.0 Å². The van der Waals surface area contributed by atoms with Crippen molar-refractivity contribution < 1.29 is 64.8 Å². The van der Waals surface area contributed by atoms with E-state index in [1.54, 1.807) is 0 Å². The van der Waals surface area contributed by atoms with Crippen LogP contribution in [0.25, 0.3) is 0 Å². The molecule has 0 bridgehead atoms. The SMILES string of the molecule is [2H]c1cn([C@@H]2O[C@H](C([2H])([2H])OP(=O)(O)OP(=O)(O)OP(=O)(O)O)[C@H](O)C2(C)F)c(=O)[nH]c1=S. The summed E-state index contributed by atoms with van der Waals surface area (Å²) in [5.41, 5.74) is -4.10. The Labute approximate surface area is 175 Å². The fourth-order valence-corrected chi connectivity index (χ4v) is 5.21. The Morgan fingerprint density at radius 2 is 1.97 bits per heavy atom. The fourth-order valence-electron chi connectivity index (χ4n) is 2.19. The van der Waals surface area contributed by atoms with Gasteiger partial charge in [-0.3, -0.25) is 14.1 Å². The van der Waals surface area contributed by atoms with Crippen LogP contribution in [0.1, 0.15) is 17.3 Å². The molecule has 0 amide bonds. The average molecular weight is 519 g/mol. The van der Waals surface area contributed by atoms with Crippen LogP contribution in [0.4, 0.5) is 4.39 Å². The Hall–Kier alpha value is -0.640. The smallest absolute Gasteiger partial charge is 0.387 e. The molecule has 30 heavy (non-hydrogen) atoms. The van der Waals surface area contributed by atoms with Crippen LogP contribution >= 0.6 is 35.7 Å². The van der Waals surface area contributed by atoms with Crippen LogP contribution in [-0.4, -0.2) is 58.7 Å². The van der Waals surface area contributed by atoms with Gasteiger partial charge in [0.1, 0.15) is 16.8 Å². The number of rotatable bonds is 8. The zero-order valence-corrected chi connectivity index (χ0v) is 17.9. The maximum absolute atomic E-state index is 15.2. The van der Waals surface area contributed by atoms with Gasteiger partial charge in [0.05, 0.1) is 10.7 Å². The Balaban J connectivity index is 2.34. The second kappa shape index (κ2) is 8.71. The van der Waals surface area contributed by atoms with E-state index in [1.807, 2.05) is 4.98 Å².